The van der Waals surface area contributed by atoms with E-state index in [0.717, 1.165) is 31.3 Å². The maximum Gasteiger partial charge on any atom is 0.279 e. The second-order valence-electron chi connectivity index (χ2n) is 7.64. The van der Waals surface area contributed by atoms with Crippen molar-refractivity contribution in [3.8, 4) is 11.4 Å². The molecule has 4 rings (SSSR count). The molecule has 0 aromatic carbocycles. The molecular formula is C19H23F2N7O2S. The van der Waals surface area contributed by atoms with Gasteiger partial charge in [0, 0.05) is 30.5 Å². The molecule has 3 N–H and O–H groups in total. The Balaban J connectivity index is 1.49. The van der Waals surface area contributed by atoms with Gasteiger partial charge in [-0.15, -0.1) is 4.72 Å². The molecule has 2 aromatic rings. The molecule has 0 amide bonds. The van der Waals surface area contributed by atoms with Crippen molar-refractivity contribution in [3.05, 3.63) is 30.5 Å². The minimum atomic E-state index is -2.82. The van der Waals surface area contributed by atoms with E-state index < -0.39 is 23.5 Å². The van der Waals surface area contributed by atoms with Crippen molar-refractivity contribution in [2.45, 2.75) is 31.0 Å². The number of hydrogen-bond acceptors (Lipinski definition) is 8. The Kier molecular flexibility index (Phi) is 6.32. The molecular weight excluding hydrogens is 428 g/mol. The zero-order valence-corrected chi connectivity index (χ0v) is 17.7. The first-order chi connectivity index (χ1) is 14.8. The van der Waals surface area contributed by atoms with Crippen LogP contribution in [0, 0.1) is 5.41 Å². The SMILES string of the molecule is C[S+]([O-])NCC1CN(c2cc(-c3cnc(/C=C\C(=N)C(F)F)[nH]3)ncn2)CC2(CC2)O1. The summed E-state index contributed by atoms with van der Waals surface area (Å²) in [6.45, 7) is 1.82. The maximum absolute atomic E-state index is 12.4. The van der Waals surface area contributed by atoms with Gasteiger partial charge in [0.1, 0.15) is 24.2 Å². The quantitative estimate of drug-likeness (QED) is 0.413. The lowest BCUT2D eigenvalue weighted by molar-refractivity contribution is -0.0401. The molecule has 9 nitrogen and oxygen atoms in total. The minimum absolute atomic E-state index is 0.104. The highest BCUT2D eigenvalue weighted by molar-refractivity contribution is 7.88. The lowest BCUT2D eigenvalue weighted by Crippen LogP contribution is -2.53. The number of nitrogens with zero attached hydrogens (tertiary/aromatic N) is 4. The van der Waals surface area contributed by atoms with E-state index in [4.69, 9.17) is 10.1 Å². The second kappa shape index (κ2) is 8.99. The van der Waals surface area contributed by atoms with Gasteiger partial charge < -0.3 is 19.2 Å². The number of aromatic nitrogens is 4. The zero-order chi connectivity index (χ0) is 22.0. The number of anilines is 1. The van der Waals surface area contributed by atoms with Crippen LogP contribution in [0.15, 0.2) is 24.7 Å². The molecule has 1 saturated carbocycles. The van der Waals surface area contributed by atoms with Gasteiger partial charge in [-0.1, -0.05) is 0 Å². The van der Waals surface area contributed by atoms with Crippen LogP contribution in [0.1, 0.15) is 18.7 Å². The molecule has 0 bridgehead atoms. The smallest absolute Gasteiger partial charge is 0.279 e. The molecule has 2 unspecified atom stereocenters. The number of hydrogen-bond donors (Lipinski definition) is 3. The van der Waals surface area contributed by atoms with Gasteiger partial charge >= 0.3 is 0 Å². The summed E-state index contributed by atoms with van der Waals surface area (Å²) in [5.41, 5.74) is 0.272. The fourth-order valence-electron chi connectivity index (χ4n) is 3.45. The molecule has 31 heavy (non-hydrogen) atoms. The third-order valence-electron chi connectivity index (χ3n) is 5.15. The van der Waals surface area contributed by atoms with E-state index in [1.165, 1.54) is 12.4 Å². The second-order valence-corrected chi connectivity index (χ2v) is 8.84. The summed E-state index contributed by atoms with van der Waals surface area (Å²) in [5.74, 6) is 1.09. The van der Waals surface area contributed by atoms with Crippen LogP contribution in [0.4, 0.5) is 14.6 Å². The van der Waals surface area contributed by atoms with Crippen molar-refractivity contribution >= 4 is 29.0 Å². The number of halogens is 2. The Morgan fingerprint density at radius 1 is 1.48 bits per heavy atom. The number of nitrogens with one attached hydrogen (secondary N) is 3. The number of morpholine rings is 1. The van der Waals surface area contributed by atoms with Gasteiger partial charge in [-0.2, -0.15) is 0 Å². The number of ether oxygens (including phenoxy) is 1. The first-order valence-corrected chi connectivity index (χ1v) is 11.3. The van der Waals surface area contributed by atoms with Gasteiger partial charge in [0.25, 0.3) is 6.43 Å². The normalized spacial score (nSPS) is 21.2. The molecule has 1 aliphatic heterocycles. The number of alkyl halides is 2. The van der Waals surface area contributed by atoms with Crippen LogP contribution in [0.5, 0.6) is 0 Å². The van der Waals surface area contributed by atoms with E-state index >= 15 is 0 Å². The van der Waals surface area contributed by atoms with Gasteiger partial charge in [-0.3, -0.25) is 5.41 Å². The van der Waals surface area contributed by atoms with Crippen LogP contribution in [0.2, 0.25) is 0 Å². The highest BCUT2D eigenvalue weighted by atomic mass is 32.2. The molecule has 2 aliphatic rings. The Bertz CT molecular complexity index is 964. The van der Waals surface area contributed by atoms with Crippen molar-refractivity contribution in [3.63, 3.8) is 0 Å². The van der Waals surface area contributed by atoms with Crippen molar-refractivity contribution in [2.75, 3.05) is 30.8 Å². The Morgan fingerprint density at radius 3 is 3.00 bits per heavy atom. The van der Waals surface area contributed by atoms with Crippen molar-refractivity contribution in [1.29, 1.82) is 5.41 Å². The fraction of sp³-hybridized carbons (Fsp3) is 0.474. The standard InChI is InChI=1S/C19H23F2N7O2S/c1-31(29)26-7-12-9-28(10-19(30-12)4-5-19)17-6-14(24-11-25-17)15-8-23-16(27-15)3-2-13(22)18(20)21/h2-3,6,8,11-12,18,22,26H,4-5,7,9-10H2,1H3,(H,23,27)/b3-2-,22-13?. The van der Waals surface area contributed by atoms with E-state index in [1.807, 2.05) is 6.07 Å². The summed E-state index contributed by atoms with van der Waals surface area (Å²) in [7, 11) is 0. The number of imidazole rings is 1. The molecule has 2 aromatic heterocycles. The summed E-state index contributed by atoms with van der Waals surface area (Å²) >= 11 is -1.11. The molecule has 1 spiro atoms. The number of aromatic amines is 1. The van der Waals surface area contributed by atoms with Crippen molar-refractivity contribution in [1.82, 2.24) is 24.7 Å². The monoisotopic (exact) mass is 451 g/mol. The maximum atomic E-state index is 12.4. The molecule has 1 aliphatic carbocycles. The molecule has 1 saturated heterocycles. The third-order valence-corrected chi connectivity index (χ3v) is 5.72. The van der Waals surface area contributed by atoms with Crippen LogP contribution < -0.4 is 9.62 Å². The Hall–Kier alpha value is -2.41. The van der Waals surface area contributed by atoms with E-state index in [9.17, 15) is 13.3 Å². The minimum Gasteiger partial charge on any atom is -0.598 e. The van der Waals surface area contributed by atoms with E-state index in [2.05, 4.69) is 29.6 Å². The summed E-state index contributed by atoms with van der Waals surface area (Å²) < 4.78 is 45.4. The molecule has 12 heteroatoms. The van der Waals surface area contributed by atoms with Crippen LogP contribution in [0.3, 0.4) is 0 Å². The number of H-pyrrole nitrogens is 1. The summed E-state index contributed by atoms with van der Waals surface area (Å²) in [5, 5.41) is 7.18. The largest absolute Gasteiger partial charge is 0.598 e. The first-order valence-electron chi connectivity index (χ1n) is 9.75. The van der Waals surface area contributed by atoms with E-state index in [0.29, 0.717) is 30.3 Å². The fourth-order valence-corrected chi connectivity index (χ4v) is 3.87. The van der Waals surface area contributed by atoms with Crippen molar-refractivity contribution in [2.24, 2.45) is 0 Å². The summed E-state index contributed by atoms with van der Waals surface area (Å²) in [4.78, 5) is 18.0. The lowest BCUT2D eigenvalue weighted by atomic mass is 10.2. The molecule has 2 atom stereocenters. The van der Waals surface area contributed by atoms with Gasteiger partial charge in [-0.05, 0) is 25.0 Å². The molecule has 3 heterocycles. The Morgan fingerprint density at radius 2 is 2.29 bits per heavy atom. The average Bonchev–Trinajstić information content (AvgIpc) is 3.31. The molecule has 0 radical (unpaired) electrons. The third kappa shape index (κ3) is 5.45. The van der Waals surface area contributed by atoms with Gasteiger partial charge in [0.15, 0.2) is 0 Å². The van der Waals surface area contributed by atoms with Gasteiger partial charge in [-0.25, -0.2) is 23.7 Å². The van der Waals surface area contributed by atoms with Crippen LogP contribution in [0.25, 0.3) is 17.5 Å². The zero-order valence-electron chi connectivity index (χ0n) is 16.8. The Labute approximate surface area is 181 Å². The highest BCUT2D eigenvalue weighted by Crippen LogP contribution is 2.44. The van der Waals surface area contributed by atoms with E-state index in [-0.39, 0.29) is 11.7 Å². The summed E-state index contributed by atoms with van der Waals surface area (Å²) in [6.07, 6.45) is 6.00. The number of allylic oxidation sites excluding steroid dienone is 1. The lowest BCUT2D eigenvalue weighted by Gasteiger charge is -2.39. The van der Waals surface area contributed by atoms with Gasteiger partial charge in [0.2, 0.25) is 0 Å². The average molecular weight is 452 g/mol. The summed E-state index contributed by atoms with van der Waals surface area (Å²) in [6, 6.07) is 1.84. The predicted octanol–water partition coefficient (Wildman–Crippen LogP) is 1.79. The molecule has 2 fully saturated rings. The van der Waals surface area contributed by atoms with E-state index in [1.54, 1.807) is 12.5 Å². The molecule has 166 valence electrons. The highest BCUT2D eigenvalue weighted by Gasteiger charge is 2.50. The predicted molar refractivity (Wildman–Crippen MR) is 113 cm³/mol. The van der Waals surface area contributed by atoms with Crippen molar-refractivity contribution < 1.29 is 18.1 Å². The van der Waals surface area contributed by atoms with Gasteiger partial charge in [0.05, 0.1) is 41.5 Å². The topological polar surface area (TPSA) is 126 Å². The van der Waals surface area contributed by atoms with Crippen LogP contribution in [-0.2, 0) is 16.1 Å². The van der Waals surface area contributed by atoms with Crippen LogP contribution in [-0.4, -0.2) is 74.2 Å². The number of rotatable bonds is 8. The first kappa shape index (κ1) is 21.8. The van der Waals surface area contributed by atoms with Crippen LogP contribution >= 0.6 is 0 Å².